The van der Waals surface area contributed by atoms with Crippen LogP contribution in [-0.2, 0) is 23.5 Å². The van der Waals surface area contributed by atoms with Crippen molar-refractivity contribution in [3.05, 3.63) is 33.1 Å². The summed E-state index contributed by atoms with van der Waals surface area (Å²) in [6.45, 7) is -1.03. The van der Waals surface area contributed by atoms with Crippen LogP contribution in [0.1, 0.15) is 6.23 Å². The number of methoxy groups -OCH3 is 1. The first-order valence-corrected chi connectivity index (χ1v) is 12.1. The van der Waals surface area contributed by atoms with Gasteiger partial charge in [0.2, 0.25) is 0 Å². The molecule has 0 spiro atoms. The average Bonchev–Trinajstić information content (AvgIpc) is 3.30. The Balaban J connectivity index is 1.53. The first kappa shape index (κ1) is 18.0. The van der Waals surface area contributed by atoms with Gasteiger partial charge in [-0.15, -0.1) is 0 Å². The summed E-state index contributed by atoms with van der Waals surface area (Å²) in [6, 6.07) is 1.27. The highest BCUT2D eigenvalue weighted by Crippen LogP contribution is 2.66. The van der Waals surface area contributed by atoms with Crippen molar-refractivity contribution in [3.8, 4) is 0 Å². The van der Waals surface area contributed by atoms with Gasteiger partial charge in [-0.05, 0) is 0 Å². The van der Waals surface area contributed by atoms with E-state index in [1.807, 2.05) is 22.8 Å². The van der Waals surface area contributed by atoms with Crippen molar-refractivity contribution in [2.24, 2.45) is 0 Å². The SMILES string of the molecule is COC1OC2[C@@H](COP3SCCS3)O[C@@H](n3ccc(=O)[nH]c3=O)[C@H]2O1. The molecule has 0 bridgehead atoms. The number of nitrogens with zero attached hydrogens (tertiary/aromatic N) is 1. The van der Waals surface area contributed by atoms with Crippen LogP contribution in [0.5, 0.6) is 0 Å². The summed E-state index contributed by atoms with van der Waals surface area (Å²) in [6.07, 6.45) is -0.666. The number of nitrogens with one attached hydrogen (secondary N) is 1. The maximum absolute atomic E-state index is 12.1. The van der Waals surface area contributed by atoms with Crippen LogP contribution in [0.2, 0.25) is 0 Å². The topological polar surface area (TPSA) is 101 Å². The Morgan fingerprint density at radius 2 is 2.04 bits per heavy atom. The van der Waals surface area contributed by atoms with Crippen molar-refractivity contribution in [1.82, 2.24) is 9.55 Å². The molecule has 3 saturated heterocycles. The van der Waals surface area contributed by atoms with Gasteiger partial charge in [0, 0.05) is 30.9 Å². The minimum atomic E-state index is -0.816. The fourth-order valence-corrected chi connectivity index (χ4v) is 9.54. The van der Waals surface area contributed by atoms with Crippen LogP contribution in [0.4, 0.5) is 0 Å². The Hall–Kier alpha value is -0.390. The van der Waals surface area contributed by atoms with Gasteiger partial charge in [0.1, 0.15) is 18.3 Å². The minimum Gasteiger partial charge on any atom is -0.346 e. The Bertz CT molecular complexity index is 725. The first-order valence-electron chi connectivity index (χ1n) is 7.65. The van der Waals surface area contributed by atoms with E-state index in [0.29, 0.717) is 6.61 Å². The molecule has 3 fully saturated rings. The fraction of sp³-hybridized carbons (Fsp3) is 0.692. The van der Waals surface area contributed by atoms with Gasteiger partial charge in [-0.2, -0.15) is 0 Å². The highest BCUT2D eigenvalue weighted by Gasteiger charge is 2.54. The molecule has 4 heterocycles. The molecule has 25 heavy (non-hydrogen) atoms. The number of aromatic nitrogens is 2. The van der Waals surface area contributed by atoms with E-state index in [0.717, 1.165) is 11.5 Å². The van der Waals surface area contributed by atoms with Crippen LogP contribution in [-0.4, -0.2) is 59.6 Å². The number of hydrogen-bond donors (Lipinski definition) is 1. The Kier molecular flexibility index (Phi) is 5.54. The molecule has 0 saturated carbocycles. The Morgan fingerprint density at radius 1 is 1.28 bits per heavy atom. The third-order valence-corrected chi connectivity index (χ3v) is 10.7. The molecule has 2 unspecified atom stereocenters. The van der Waals surface area contributed by atoms with Crippen LogP contribution in [0.25, 0.3) is 0 Å². The van der Waals surface area contributed by atoms with Gasteiger partial charge in [0.05, 0.1) is 6.61 Å². The van der Waals surface area contributed by atoms with Crippen molar-refractivity contribution >= 4 is 29.3 Å². The van der Waals surface area contributed by atoms with E-state index in [1.54, 1.807) is 0 Å². The number of rotatable bonds is 5. The number of ether oxygens (including phenoxy) is 4. The van der Waals surface area contributed by atoms with Crippen LogP contribution in [0.3, 0.4) is 0 Å². The minimum absolute atomic E-state index is 0.348. The number of H-pyrrole nitrogens is 1. The zero-order valence-electron chi connectivity index (χ0n) is 13.2. The van der Waals surface area contributed by atoms with E-state index in [9.17, 15) is 9.59 Å². The van der Waals surface area contributed by atoms with Gasteiger partial charge in [0.15, 0.2) is 12.8 Å². The molecule has 5 atom stereocenters. The number of hydrogen-bond acceptors (Lipinski definition) is 9. The summed E-state index contributed by atoms with van der Waals surface area (Å²) in [4.78, 5) is 25.6. The van der Waals surface area contributed by atoms with Gasteiger partial charge in [-0.1, -0.05) is 22.8 Å². The van der Waals surface area contributed by atoms with Gasteiger partial charge < -0.3 is 23.5 Å². The molecule has 1 aromatic rings. The normalized spacial score (nSPS) is 35.3. The van der Waals surface area contributed by atoms with Crippen LogP contribution in [0.15, 0.2) is 21.9 Å². The van der Waals surface area contributed by atoms with Crippen molar-refractivity contribution in [3.63, 3.8) is 0 Å². The molecule has 0 amide bonds. The van der Waals surface area contributed by atoms with E-state index in [-0.39, 0.29) is 0 Å². The van der Waals surface area contributed by atoms with Gasteiger partial charge in [-0.25, -0.2) is 4.79 Å². The number of fused-ring (bicyclic) bond motifs is 1. The first-order chi connectivity index (χ1) is 12.2. The molecule has 9 nitrogen and oxygen atoms in total. The van der Waals surface area contributed by atoms with E-state index in [4.69, 9.17) is 23.5 Å². The lowest BCUT2D eigenvalue weighted by atomic mass is 10.1. The summed E-state index contributed by atoms with van der Waals surface area (Å²) >= 11 is 3.63. The van der Waals surface area contributed by atoms with E-state index < -0.39 is 48.8 Å². The molecule has 3 aliphatic rings. The van der Waals surface area contributed by atoms with Gasteiger partial charge in [0.25, 0.3) is 12.0 Å². The van der Waals surface area contributed by atoms with Crippen molar-refractivity contribution in [2.45, 2.75) is 31.0 Å². The molecule has 3 aliphatic heterocycles. The second-order valence-electron chi connectivity index (χ2n) is 5.49. The van der Waals surface area contributed by atoms with E-state index in [2.05, 4.69) is 4.98 Å². The Morgan fingerprint density at radius 3 is 2.76 bits per heavy atom. The predicted molar refractivity (Wildman–Crippen MR) is 93.6 cm³/mol. The standard InChI is InChI=1S/C13H17N2O7PS2/c1-18-13-21-9-7(6-19-23-24-4-5-25-23)20-11(10(9)22-13)15-3-2-8(16)14-12(15)17/h2-3,7,9-11,13H,4-6H2,1H3,(H,14,16,17)/t7-,9?,10+,11-,13?/m1/s1. The molecular formula is C13H17N2O7PS2. The van der Waals surface area contributed by atoms with E-state index in [1.165, 1.54) is 23.9 Å². The monoisotopic (exact) mass is 408 g/mol. The van der Waals surface area contributed by atoms with Gasteiger partial charge >= 0.3 is 5.69 Å². The van der Waals surface area contributed by atoms with Crippen molar-refractivity contribution in [1.29, 1.82) is 0 Å². The summed E-state index contributed by atoms with van der Waals surface area (Å²) in [5.74, 6) is 2.18. The fourth-order valence-electron chi connectivity index (χ4n) is 2.87. The number of aromatic amines is 1. The third kappa shape index (κ3) is 3.70. The molecule has 0 aromatic carbocycles. The summed E-state index contributed by atoms with van der Waals surface area (Å²) < 4.78 is 29.8. The maximum atomic E-state index is 12.1. The molecule has 1 aromatic heterocycles. The molecule has 1 N–H and O–H groups in total. The lowest BCUT2D eigenvalue weighted by Crippen LogP contribution is -2.36. The van der Waals surface area contributed by atoms with Crippen molar-refractivity contribution in [2.75, 3.05) is 25.2 Å². The summed E-state index contributed by atoms with van der Waals surface area (Å²) in [5.41, 5.74) is -1.03. The average molecular weight is 408 g/mol. The van der Waals surface area contributed by atoms with E-state index >= 15 is 0 Å². The second-order valence-corrected chi connectivity index (χ2v) is 11.8. The van der Waals surface area contributed by atoms with Crippen LogP contribution in [0, 0.1) is 0 Å². The predicted octanol–water partition coefficient (Wildman–Crippen LogP) is 0.871. The summed E-state index contributed by atoms with van der Waals surface area (Å²) in [5, 5.41) is 0. The van der Waals surface area contributed by atoms with Gasteiger partial charge in [-0.3, -0.25) is 14.3 Å². The summed E-state index contributed by atoms with van der Waals surface area (Å²) in [7, 11) is 1.48. The van der Waals surface area contributed by atoms with Crippen LogP contribution >= 0.6 is 29.3 Å². The molecule has 12 heteroatoms. The lowest BCUT2D eigenvalue weighted by Gasteiger charge is -2.21. The van der Waals surface area contributed by atoms with Crippen molar-refractivity contribution < 1.29 is 23.5 Å². The third-order valence-electron chi connectivity index (χ3n) is 3.96. The molecule has 4 rings (SSSR count). The Labute approximate surface area is 152 Å². The highest BCUT2D eigenvalue weighted by atomic mass is 33.1. The zero-order chi connectivity index (χ0) is 17.4. The second kappa shape index (κ2) is 7.69. The highest BCUT2D eigenvalue weighted by molar-refractivity contribution is 8.88. The molecular weight excluding hydrogens is 391 g/mol. The maximum Gasteiger partial charge on any atom is 0.330 e. The van der Waals surface area contributed by atoms with Crippen LogP contribution < -0.4 is 11.2 Å². The lowest BCUT2D eigenvalue weighted by molar-refractivity contribution is -0.256. The smallest absolute Gasteiger partial charge is 0.330 e. The molecule has 0 radical (unpaired) electrons. The molecule has 138 valence electrons. The quantitative estimate of drug-likeness (QED) is 0.711. The molecule has 0 aliphatic carbocycles. The largest absolute Gasteiger partial charge is 0.346 e. The zero-order valence-corrected chi connectivity index (χ0v) is 15.8.